The number of hydrogen-bond acceptors (Lipinski definition) is 3. The number of aryl methyl sites for hydroxylation is 1. The van der Waals surface area contributed by atoms with E-state index >= 15 is 0 Å². The van der Waals surface area contributed by atoms with Crippen molar-refractivity contribution in [1.82, 2.24) is 10.2 Å². The van der Waals surface area contributed by atoms with Gasteiger partial charge >= 0.3 is 0 Å². The van der Waals surface area contributed by atoms with Gasteiger partial charge in [-0.25, -0.2) is 0 Å². The molecule has 0 unspecified atom stereocenters. The van der Waals surface area contributed by atoms with Crippen molar-refractivity contribution in [2.75, 3.05) is 31.1 Å². The van der Waals surface area contributed by atoms with E-state index < -0.39 is 0 Å². The lowest BCUT2D eigenvalue weighted by atomic mass is 9.94. The molecule has 0 radical (unpaired) electrons. The highest BCUT2D eigenvalue weighted by molar-refractivity contribution is 5.94. The lowest BCUT2D eigenvalue weighted by Crippen LogP contribution is -2.37. The molecule has 37 heavy (non-hydrogen) atoms. The van der Waals surface area contributed by atoms with Gasteiger partial charge in [0.15, 0.2) is 0 Å². The number of carbonyl (C=O) groups excluding carboxylic acids is 2. The first kappa shape index (κ1) is 28.6. The van der Waals surface area contributed by atoms with Crippen LogP contribution in [-0.2, 0) is 22.6 Å². The zero-order chi connectivity index (χ0) is 26.5. The number of hydrogen-bond donors (Lipinski definition) is 1. The maximum atomic E-state index is 13.6. The number of rotatable bonds is 10. The fourth-order valence-electron chi connectivity index (χ4n) is 5.29. The summed E-state index contributed by atoms with van der Waals surface area (Å²) < 4.78 is 0. The summed E-state index contributed by atoms with van der Waals surface area (Å²) in [6.07, 6.45) is 9.29. The minimum atomic E-state index is 0.0191. The average molecular weight is 504 g/mol. The van der Waals surface area contributed by atoms with Gasteiger partial charge in [-0.15, -0.1) is 0 Å². The Morgan fingerprint density at radius 2 is 1.62 bits per heavy atom. The molecule has 1 saturated heterocycles. The molecule has 2 aromatic carbocycles. The Bertz CT molecular complexity index is 1010. The Hall–Kier alpha value is -2.92. The van der Waals surface area contributed by atoms with E-state index in [0.717, 1.165) is 87.0 Å². The Kier molecular flexibility index (Phi) is 11.9. The van der Waals surface area contributed by atoms with Crippen LogP contribution in [0.4, 0.5) is 5.69 Å². The quantitative estimate of drug-likeness (QED) is 0.419. The van der Waals surface area contributed by atoms with Crippen LogP contribution in [0.1, 0.15) is 75.5 Å². The molecule has 1 aliphatic rings. The zero-order valence-electron chi connectivity index (χ0n) is 22.9. The first-order valence-corrected chi connectivity index (χ1v) is 14.2. The minimum absolute atomic E-state index is 0.0191. The summed E-state index contributed by atoms with van der Waals surface area (Å²) in [5.41, 5.74) is 4.16. The van der Waals surface area contributed by atoms with Gasteiger partial charge in [0.05, 0.1) is 6.54 Å². The van der Waals surface area contributed by atoms with Crippen molar-refractivity contribution in [2.24, 2.45) is 5.92 Å². The third-order valence-electron chi connectivity index (χ3n) is 7.58. The molecular formula is C32H45N3O2. The second kappa shape index (κ2) is 15.4. The molecule has 5 heteroatoms. The summed E-state index contributed by atoms with van der Waals surface area (Å²) in [6, 6.07) is 16.2. The highest BCUT2D eigenvalue weighted by Crippen LogP contribution is 2.25. The first-order valence-electron chi connectivity index (χ1n) is 14.2. The van der Waals surface area contributed by atoms with Crippen LogP contribution in [-0.4, -0.2) is 42.9 Å². The van der Waals surface area contributed by atoms with Crippen LogP contribution in [0, 0.1) is 5.92 Å². The SMILES string of the molecule is C=Cc1ccccc1CN(C(=O)CCNC(=O)C1CCCCN(CC)CCCC1)c1ccccc1CC. The normalized spacial score (nSPS) is 15.6. The number of amides is 2. The summed E-state index contributed by atoms with van der Waals surface area (Å²) in [7, 11) is 0. The topological polar surface area (TPSA) is 52.7 Å². The molecule has 0 aliphatic carbocycles. The van der Waals surface area contributed by atoms with Gasteiger partial charge < -0.3 is 15.1 Å². The largest absolute Gasteiger partial charge is 0.355 e. The standard InChI is InChI=1S/C32H45N3O2/c1-4-26-15-7-8-19-29(26)25-35(30-20-10-9-16-27(30)5-2)31(36)21-22-33-32(37)28-17-11-13-23-34(6-3)24-14-12-18-28/h4,7-10,15-16,19-20,28H,1,5-6,11-14,17-18,21-25H2,2-3H3,(H,33,37). The van der Waals surface area contributed by atoms with Crippen LogP contribution in [0.2, 0.25) is 0 Å². The van der Waals surface area contributed by atoms with Gasteiger partial charge in [0.2, 0.25) is 11.8 Å². The van der Waals surface area contributed by atoms with Crippen molar-refractivity contribution in [3.8, 4) is 0 Å². The molecular weight excluding hydrogens is 458 g/mol. The van der Waals surface area contributed by atoms with Gasteiger partial charge in [-0.2, -0.15) is 0 Å². The number of anilines is 1. The number of nitrogens with one attached hydrogen (secondary N) is 1. The molecule has 5 nitrogen and oxygen atoms in total. The van der Waals surface area contributed by atoms with E-state index in [4.69, 9.17) is 0 Å². The third-order valence-corrected chi connectivity index (χ3v) is 7.58. The molecule has 0 spiro atoms. The lowest BCUT2D eigenvalue weighted by molar-refractivity contribution is -0.125. The highest BCUT2D eigenvalue weighted by Gasteiger charge is 2.22. The molecule has 0 aromatic heterocycles. The maximum absolute atomic E-state index is 13.6. The molecule has 1 heterocycles. The molecule has 1 N–H and O–H groups in total. The van der Waals surface area contributed by atoms with E-state index in [-0.39, 0.29) is 24.2 Å². The third kappa shape index (κ3) is 8.57. The van der Waals surface area contributed by atoms with E-state index in [2.05, 4.69) is 36.7 Å². The van der Waals surface area contributed by atoms with Gasteiger partial charge in [0.25, 0.3) is 0 Å². The maximum Gasteiger partial charge on any atom is 0.229 e. The molecule has 2 aromatic rings. The van der Waals surface area contributed by atoms with Gasteiger partial charge in [0.1, 0.15) is 0 Å². The number of nitrogens with zero attached hydrogens (tertiary/aromatic N) is 2. The van der Waals surface area contributed by atoms with E-state index in [9.17, 15) is 9.59 Å². The van der Waals surface area contributed by atoms with Gasteiger partial charge in [-0.3, -0.25) is 9.59 Å². The summed E-state index contributed by atoms with van der Waals surface area (Å²) in [5, 5.41) is 3.10. The molecule has 0 atom stereocenters. The van der Waals surface area contributed by atoms with Gasteiger partial charge in [-0.1, -0.05) is 81.8 Å². The van der Waals surface area contributed by atoms with Crippen LogP contribution in [0.25, 0.3) is 6.08 Å². The molecule has 200 valence electrons. The Morgan fingerprint density at radius 3 is 2.27 bits per heavy atom. The molecule has 3 rings (SSSR count). The summed E-state index contributed by atoms with van der Waals surface area (Å²) in [5.74, 6) is 0.184. The van der Waals surface area contributed by atoms with Crippen molar-refractivity contribution in [1.29, 1.82) is 0 Å². The van der Waals surface area contributed by atoms with Crippen LogP contribution in [0.3, 0.4) is 0 Å². The van der Waals surface area contributed by atoms with Crippen LogP contribution < -0.4 is 10.2 Å². The first-order chi connectivity index (χ1) is 18.1. The van der Waals surface area contributed by atoms with E-state index in [0.29, 0.717) is 13.1 Å². The van der Waals surface area contributed by atoms with Gasteiger partial charge in [0, 0.05) is 24.6 Å². The highest BCUT2D eigenvalue weighted by atomic mass is 16.2. The van der Waals surface area contributed by atoms with Crippen molar-refractivity contribution in [3.63, 3.8) is 0 Å². The fourth-order valence-corrected chi connectivity index (χ4v) is 5.29. The van der Waals surface area contributed by atoms with Crippen molar-refractivity contribution < 1.29 is 9.59 Å². The zero-order valence-corrected chi connectivity index (χ0v) is 22.9. The van der Waals surface area contributed by atoms with Crippen molar-refractivity contribution in [2.45, 2.75) is 71.8 Å². The summed E-state index contributed by atoms with van der Waals surface area (Å²) in [6.45, 7) is 12.5. The molecule has 1 fully saturated rings. The van der Waals surface area contributed by atoms with Crippen molar-refractivity contribution >= 4 is 23.6 Å². The lowest BCUT2D eigenvalue weighted by Gasteiger charge is -2.26. The average Bonchev–Trinajstić information content (AvgIpc) is 2.94. The Labute approximate surface area is 223 Å². The second-order valence-corrected chi connectivity index (χ2v) is 10.0. The molecule has 2 amide bonds. The van der Waals surface area contributed by atoms with Crippen LogP contribution in [0.15, 0.2) is 55.1 Å². The fraction of sp³-hybridized carbons (Fsp3) is 0.500. The van der Waals surface area contributed by atoms with E-state index in [1.165, 1.54) is 0 Å². The Balaban J connectivity index is 1.63. The smallest absolute Gasteiger partial charge is 0.229 e. The molecule has 0 saturated carbocycles. The monoisotopic (exact) mass is 503 g/mol. The van der Waals surface area contributed by atoms with Crippen LogP contribution in [0.5, 0.6) is 0 Å². The molecule has 1 aliphatic heterocycles. The number of carbonyl (C=O) groups is 2. The van der Waals surface area contributed by atoms with E-state index in [1.807, 2.05) is 53.4 Å². The predicted molar refractivity (Wildman–Crippen MR) is 154 cm³/mol. The predicted octanol–water partition coefficient (Wildman–Crippen LogP) is 6.22. The Morgan fingerprint density at radius 1 is 0.973 bits per heavy atom. The van der Waals surface area contributed by atoms with E-state index in [1.54, 1.807) is 0 Å². The molecule has 0 bridgehead atoms. The van der Waals surface area contributed by atoms with Crippen molar-refractivity contribution in [3.05, 3.63) is 71.8 Å². The minimum Gasteiger partial charge on any atom is -0.355 e. The van der Waals surface area contributed by atoms with Crippen LogP contribution >= 0.6 is 0 Å². The second-order valence-electron chi connectivity index (χ2n) is 10.0. The summed E-state index contributed by atoms with van der Waals surface area (Å²) >= 11 is 0. The number of benzene rings is 2. The number of para-hydroxylation sites is 1. The summed E-state index contributed by atoms with van der Waals surface area (Å²) in [4.78, 5) is 31.0. The van der Waals surface area contributed by atoms with Gasteiger partial charge in [-0.05, 0) is 74.5 Å².